The predicted octanol–water partition coefficient (Wildman–Crippen LogP) is 2.01. The van der Waals surface area contributed by atoms with Gasteiger partial charge >= 0.3 is 12.1 Å². The minimum Gasteiger partial charge on any atom is -0.465 e. The molecular weight excluding hydrogens is 364 g/mol. The number of hydrogen-bond acceptors (Lipinski definition) is 7. The minimum absolute atomic E-state index is 0.0477. The Morgan fingerprint density at radius 2 is 1.93 bits per heavy atom. The monoisotopic (exact) mass is 388 g/mol. The Bertz CT molecular complexity index is 805. The van der Waals surface area contributed by atoms with Crippen LogP contribution in [0.2, 0.25) is 0 Å². The summed E-state index contributed by atoms with van der Waals surface area (Å²) in [6, 6.07) is 7.91. The molecule has 0 aliphatic rings. The van der Waals surface area contributed by atoms with E-state index < -0.39 is 23.6 Å². The lowest BCUT2D eigenvalue weighted by atomic mass is 10.1. The molecule has 150 valence electrons. The first kappa shape index (κ1) is 22.7. The summed E-state index contributed by atoms with van der Waals surface area (Å²) in [5.74, 6) is -1.44. The smallest absolute Gasteiger partial charge is 0.414 e. The van der Waals surface area contributed by atoms with Gasteiger partial charge in [-0.3, -0.25) is 9.69 Å². The predicted molar refractivity (Wildman–Crippen MR) is 102 cm³/mol. The number of nitriles is 1. The van der Waals surface area contributed by atoms with Crippen LogP contribution < -0.4 is 11.1 Å². The van der Waals surface area contributed by atoms with Gasteiger partial charge in [-0.25, -0.2) is 9.59 Å². The standard InChI is InChI=1S/C19H24N4O5/c1-19(2,3)28-18(26)23(10-9-20)12-13(11-21)16(24)22-15-8-6-5-7-14(15)17(25)27-4/h5-8,12H,9-10,20H2,1-4H3,(H,22,24)/b13-12-. The first-order chi connectivity index (χ1) is 13.1. The summed E-state index contributed by atoms with van der Waals surface area (Å²) in [6.45, 7) is 5.22. The molecule has 3 N–H and O–H groups in total. The first-order valence-corrected chi connectivity index (χ1v) is 8.43. The van der Waals surface area contributed by atoms with Gasteiger partial charge in [-0.1, -0.05) is 12.1 Å². The van der Waals surface area contributed by atoms with Crippen LogP contribution in [0.4, 0.5) is 10.5 Å². The SMILES string of the molecule is COC(=O)c1ccccc1NC(=O)/C(C#N)=C\N(CCN)C(=O)OC(C)(C)C. The van der Waals surface area contributed by atoms with E-state index >= 15 is 0 Å². The third-order valence-electron chi connectivity index (χ3n) is 3.23. The van der Waals surface area contributed by atoms with E-state index in [1.165, 1.54) is 19.2 Å². The lowest BCUT2D eigenvalue weighted by Crippen LogP contribution is -2.37. The number of nitrogens with two attached hydrogens (primary N) is 1. The van der Waals surface area contributed by atoms with E-state index in [4.69, 9.17) is 10.5 Å². The number of amides is 2. The van der Waals surface area contributed by atoms with Crippen LogP contribution in [0.1, 0.15) is 31.1 Å². The van der Waals surface area contributed by atoms with Crippen molar-refractivity contribution in [2.45, 2.75) is 26.4 Å². The summed E-state index contributed by atoms with van der Waals surface area (Å²) in [6.07, 6.45) is 0.324. The van der Waals surface area contributed by atoms with Gasteiger partial charge < -0.3 is 20.5 Å². The fourth-order valence-electron chi connectivity index (χ4n) is 2.03. The van der Waals surface area contributed by atoms with Crippen molar-refractivity contribution in [2.24, 2.45) is 5.73 Å². The number of methoxy groups -OCH3 is 1. The molecule has 0 bridgehead atoms. The van der Waals surface area contributed by atoms with Gasteiger partial charge in [0, 0.05) is 19.3 Å². The molecule has 1 aromatic carbocycles. The van der Waals surface area contributed by atoms with E-state index in [1.807, 2.05) is 0 Å². The zero-order valence-corrected chi connectivity index (χ0v) is 16.3. The number of ether oxygens (including phenoxy) is 2. The molecule has 0 radical (unpaired) electrons. The number of anilines is 1. The second-order valence-electron chi connectivity index (χ2n) is 6.61. The van der Waals surface area contributed by atoms with E-state index in [9.17, 15) is 19.6 Å². The maximum Gasteiger partial charge on any atom is 0.414 e. The van der Waals surface area contributed by atoms with Gasteiger partial charge in [-0.2, -0.15) is 5.26 Å². The fraction of sp³-hybridized carbons (Fsp3) is 0.368. The molecule has 1 rings (SSSR count). The van der Waals surface area contributed by atoms with Crippen LogP contribution in [-0.2, 0) is 14.3 Å². The molecule has 0 atom stereocenters. The summed E-state index contributed by atoms with van der Waals surface area (Å²) < 4.78 is 9.91. The van der Waals surface area contributed by atoms with Gasteiger partial charge in [0.25, 0.3) is 5.91 Å². The Balaban J connectivity index is 3.11. The lowest BCUT2D eigenvalue weighted by Gasteiger charge is -2.25. The van der Waals surface area contributed by atoms with Crippen molar-refractivity contribution in [3.05, 3.63) is 41.6 Å². The molecule has 9 heteroatoms. The molecule has 0 unspecified atom stereocenters. The van der Waals surface area contributed by atoms with Crippen molar-refractivity contribution >= 4 is 23.7 Å². The lowest BCUT2D eigenvalue weighted by molar-refractivity contribution is -0.112. The van der Waals surface area contributed by atoms with Crippen LogP contribution in [0.25, 0.3) is 0 Å². The molecule has 0 saturated heterocycles. The normalized spacial score (nSPS) is 11.2. The number of carbonyl (C=O) groups is 3. The summed E-state index contributed by atoms with van der Waals surface area (Å²) >= 11 is 0. The van der Waals surface area contributed by atoms with Gasteiger partial charge in [0.1, 0.15) is 17.2 Å². The molecular formula is C19H24N4O5. The van der Waals surface area contributed by atoms with Crippen molar-refractivity contribution in [3.63, 3.8) is 0 Å². The zero-order valence-electron chi connectivity index (χ0n) is 16.3. The maximum atomic E-state index is 12.5. The largest absolute Gasteiger partial charge is 0.465 e. The summed E-state index contributed by atoms with van der Waals surface area (Å²) in [7, 11) is 1.22. The molecule has 0 aliphatic heterocycles. The van der Waals surface area contributed by atoms with E-state index in [1.54, 1.807) is 39.0 Å². The second kappa shape index (κ2) is 10.1. The summed E-state index contributed by atoms with van der Waals surface area (Å²) in [5, 5.41) is 11.8. The van der Waals surface area contributed by atoms with Crippen molar-refractivity contribution in [1.82, 2.24) is 4.90 Å². The summed E-state index contributed by atoms with van der Waals surface area (Å²) in [4.78, 5) is 37.6. The number of nitrogens with zero attached hydrogens (tertiary/aromatic N) is 2. The van der Waals surface area contributed by atoms with Crippen molar-refractivity contribution in [2.75, 3.05) is 25.5 Å². The molecule has 28 heavy (non-hydrogen) atoms. The van der Waals surface area contributed by atoms with Crippen LogP contribution in [0.5, 0.6) is 0 Å². The van der Waals surface area contributed by atoms with Gasteiger partial charge in [0.15, 0.2) is 0 Å². The molecule has 0 fully saturated rings. The van der Waals surface area contributed by atoms with E-state index in [0.717, 1.165) is 11.1 Å². The molecule has 2 amide bonds. The van der Waals surface area contributed by atoms with E-state index in [-0.39, 0.29) is 29.9 Å². The number of rotatable bonds is 6. The molecule has 0 spiro atoms. The molecule has 0 saturated carbocycles. The van der Waals surface area contributed by atoms with Gasteiger partial charge in [-0.05, 0) is 32.9 Å². The zero-order chi connectivity index (χ0) is 21.3. The highest BCUT2D eigenvalue weighted by Gasteiger charge is 2.23. The number of para-hydroxylation sites is 1. The Labute approximate surface area is 163 Å². The third-order valence-corrected chi connectivity index (χ3v) is 3.23. The average molecular weight is 388 g/mol. The van der Waals surface area contributed by atoms with Crippen molar-refractivity contribution < 1.29 is 23.9 Å². The maximum absolute atomic E-state index is 12.5. The van der Waals surface area contributed by atoms with Gasteiger partial charge in [-0.15, -0.1) is 0 Å². The second-order valence-corrected chi connectivity index (χ2v) is 6.61. The van der Waals surface area contributed by atoms with Crippen LogP contribution in [0.3, 0.4) is 0 Å². The van der Waals surface area contributed by atoms with Crippen LogP contribution in [0.15, 0.2) is 36.0 Å². The highest BCUT2D eigenvalue weighted by atomic mass is 16.6. The molecule has 9 nitrogen and oxygen atoms in total. The van der Waals surface area contributed by atoms with Crippen molar-refractivity contribution in [3.8, 4) is 6.07 Å². The molecule has 0 aromatic heterocycles. The first-order valence-electron chi connectivity index (χ1n) is 8.43. The minimum atomic E-state index is -0.801. The third kappa shape index (κ3) is 6.74. The van der Waals surface area contributed by atoms with E-state index in [0.29, 0.717) is 0 Å². The average Bonchev–Trinajstić information content (AvgIpc) is 2.63. The quantitative estimate of drug-likeness (QED) is 0.432. The van der Waals surface area contributed by atoms with E-state index in [2.05, 4.69) is 10.1 Å². The molecule has 0 aliphatic carbocycles. The van der Waals surface area contributed by atoms with Crippen LogP contribution >= 0.6 is 0 Å². The topological polar surface area (TPSA) is 135 Å². The molecule has 0 heterocycles. The Kier molecular flexibility index (Phi) is 8.16. The number of benzene rings is 1. The Hall–Kier alpha value is -3.38. The fourth-order valence-corrected chi connectivity index (χ4v) is 2.03. The number of nitrogens with one attached hydrogen (secondary N) is 1. The van der Waals surface area contributed by atoms with Crippen LogP contribution in [-0.4, -0.2) is 48.7 Å². The number of hydrogen-bond donors (Lipinski definition) is 2. The Morgan fingerprint density at radius 3 is 2.46 bits per heavy atom. The number of esters is 1. The van der Waals surface area contributed by atoms with Gasteiger partial charge in [0.05, 0.1) is 18.4 Å². The highest BCUT2D eigenvalue weighted by Crippen LogP contribution is 2.17. The molecule has 1 aromatic rings. The number of carbonyl (C=O) groups excluding carboxylic acids is 3. The highest BCUT2D eigenvalue weighted by molar-refractivity contribution is 6.09. The van der Waals surface area contributed by atoms with Gasteiger partial charge in [0.2, 0.25) is 0 Å². The van der Waals surface area contributed by atoms with Crippen LogP contribution in [0, 0.1) is 11.3 Å². The Morgan fingerprint density at radius 1 is 1.29 bits per heavy atom. The van der Waals surface area contributed by atoms with Crippen molar-refractivity contribution in [1.29, 1.82) is 5.26 Å². The summed E-state index contributed by atoms with van der Waals surface area (Å²) in [5.41, 5.74) is 4.68.